The van der Waals surface area contributed by atoms with E-state index in [4.69, 9.17) is 0 Å². The van der Waals surface area contributed by atoms with Crippen molar-refractivity contribution in [3.63, 3.8) is 0 Å². The zero-order valence-corrected chi connectivity index (χ0v) is 19.5. The van der Waals surface area contributed by atoms with Crippen molar-refractivity contribution in [1.82, 2.24) is 0 Å². The highest BCUT2D eigenvalue weighted by molar-refractivity contribution is 6.46. The summed E-state index contributed by atoms with van der Waals surface area (Å²) in [5, 5.41) is 3.28. The maximum absolute atomic E-state index is 13.7. The fraction of sp³-hybridized carbons (Fsp3) is 0.214. The molecule has 162 valence electrons. The number of amides is 2. The molecule has 4 nitrogen and oxygen atoms in total. The van der Waals surface area contributed by atoms with E-state index in [1.165, 1.54) is 10.5 Å². The number of hydrogen-bond donors (Lipinski definition) is 1. The van der Waals surface area contributed by atoms with E-state index in [9.17, 15) is 9.59 Å². The van der Waals surface area contributed by atoms with E-state index in [-0.39, 0.29) is 11.8 Å². The Morgan fingerprint density at radius 3 is 1.94 bits per heavy atom. The zero-order chi connectivity index (χ0) is 23.2. The molecular formula is C28H28N2O2. The smallest absolute Gasteiger partial charge is 0.282 e. The van der Waals surface area contributed by atoms with Crippen LogP contribution in [-0.2, 0) is 9.59 Å². The van der Waals surface area contributed by atoms with Crippen molar-refractivity contribution >= 4 is 28.8 Å². The van der Waals surface area contributed by atoms with E-state index in [1.807, 2.05) is 96.1 Å². The maximum Gasteiger partial charge on any atom is 0.282 e. The van der Waals surface area contributed by atoms with Crippen LogP contribution < -0.4 is 10.2 Å². The second kappa shape index (κ2) is 8.12. The standard InChI is InChI=1S/C28H28N2O2/c1-16-7-10-24(21(6)12-16)25-26(29-22-9-8-19(4)20(5)15-22)28(32)30(27(25)31)23-13-17(2)11-18(3)14-23/h7-15,29H,1-6H3. The van der Waals surface area contributed by atoms with Gasteiger partial charge in [0.15, 0.2) is 0 Å². The van der Waals surface area contributed by atoms with Crippen LogP contribution in [0.4, 0.5) is 11.4 Å². The number of aryl methyl sites for hydroxylation is 6. The fourth-order valence-corrected chi connectivity index (χ4v) is 4.27. The van der Waals surface area contributed by atoms with Crippen LogP contribution in [0.25, 0.3) is 5.57 Å². The van der Waals surface area contributed by atoms with Crippen LogP contribution in [0, 0.1) is 41.5 Å². The summed E-state index contributed by atoms with van der Waals surface area (Å²) < 4.78 is 0. The third-order valence-electron chi connectivity index (χ3n) is 5.98. The minimum atomic E-state index is -0.340. The number of anilines is 2. The van der Waals surface area contributed by atoms with E-state index >= 15 is 0 Å². The lowest BCUT2D eigenvalue weighted by Crippen LogP contribution is -2.32. The van der Waals surface area contributed by atoms with Crippen molar-refractivity contribution in [2.75, 3.05) is 10.2 Å². The highest BCUT2D eigenvalue weighted by atomic mass is 16.2. The fourth-order valence-electron chi connectivity index (χ4n) is 4.27. The van der Waals surface area contributed by atoms with Crippen LogP contribution >= 0.6 is 0 Å². The highest BCUT2D eigenvalue weighted by Crippen LogP contribution is 2.36. The van der Waals surface area contributed by atoms with Gasteiger partial charge in [0.2, 0.25) is 0 Å². The average molecular weight is 425 g/mol. The van der Waals surface area contributed by atoms with Gasteiger partial charge in [-0.25, -0.2) is 4.90 Å². The largest absolute Gasteiger partial charge is 0.350 e. The lowest BCUT2D eigenvalue weighted by Gasteiger charge is -2.17. The molecule has 4 rings (SSSR count). The molecule has 0 spiro atoms. The van der Waals surface area contributed by atoms with Crippen molar-refractivity contribution in [3.8, 4) is 0 Å². The van der Waals surface area contributed by atoms with Crippen LogP contribution in [0.3, 0.4) is 0 Å². The Bertz CT molecular complexity index is 1280. The molecule has 0 aromatic heterocycles. The predicted octanol–water partition coefficient (Wildman–Crippen LogP) is 5.93. The van der Waals surface area contributed by atoms with E-state index in [0.717, 1.165) is 39.1 Å². The molecule has 32 heavy (non-hydrogen) atoms. The first kappa shape index (κ1) is 21.6. The number of carbonyl (C=O) groups excluding carboxylic acids is 2. The van der Waals surface area contributed by atoms with Crippen LogP contribution in [0.15, 0.2) is 60.3 Å². The summed E-state index contributed by atoms with van der Waals surface area (Å²) in [6, 6.07) is 17.7. The molecule has 1 aliphatic rings. The molecule has 0 atom stereocenters. The van der Waals surface area contributed by atoms with Crippen molar-refractivity contribution in [3.05, 3.63) is 99.2 Å². The number of nitrogens with one attached hydrogen (secondary N) is 1. The topological polar surface area (TPSA) is 49.4 Å². The molecule has 0 radical (unpaired) electrons. The quantitative estimate of drug-likeness (QED) is 0.528. The molecule has 0 saturated carbocycles. The Morgan fingerprint density at radius 1 is 0.625 bits per heavy atom. The molecule has 0 bridgehead atoms. The van der Waals surface area contributed by atoms with Gasteiger partial charge in [-0.05, 0) is 99.2 Å². The summed E-state index contributed by atoms with van der Waals surface area (Å²) in [5.41, 5.74) is 9.23. The first-order valence-corrected chi connectivity index (χ1v) is 10.8. The summed E-state index contributed by atoms with van der Waals surface area (Å²) in [5.74, 6) is -0.647. The van der Waals surface area contributed by atoms with E-state index in [0.29, 0.717) is 17.0 Å². The molecular weight excluding hydrogens is 396 g/mol. The minimum Gasteiger partial charge on any atom is -0.350 e. The van der Waals surface area contributed by atoms with Gasteiger partial charge in [0.1, 0.15) is 5.70 Å². The molecule has 3 aromatic carbocycles. The number of benzene rings is 3. The Kier molecular flexibility index (Phi) is 5.47. The van der Waals surface area contributed by atoms with Gasteiger partial charge in [-0.2, -0.15) is 0 Å². The van der Waals surface area contributed by atoms with Gasteiger partial charge >= 0.3 is 0 Å². The van der Waals surface area contributed by atoms with E-state index in [2.05, 4.69) is 5.32 Å². The number of hydrogen-bond acceptors (Lipinski definition) is 3. The molecule has 0 unspecified atom stereocenters. The van der Waals surface area contributed by atoms with Gasteiger partial charge < -0.3 is 5.32 Å². The molecule has 0 fully saturated rings. The minimum absolute atomic E-state index is 0.307. The first-order valence-electron chi connectivity index (χ1n) is 10.8. The summed E-state index contributed by atoms with van der Waals surface area (Å²) in [6.07, 6.45) is 0. The van der Waals surface area contributed by atoms with Crippen molar-refractivity contribution in [2.24, 2.45) is 0 Å². The normalized spacial score (nSPS) is 13.9. The van der Waals surface area contributed by atoms with Gasteiger partial charge in [0.25, 0.3) is 11.8 Å². The highest BCUT2D eigenvalue weighted by Gasteiger charge is 2.40. The van der Waals surface area contributed by atoms with Gasteiger partial charge in [-0.3, -0.25) is 9.59 Å². The SMILES string of the molecule is Cc1cc(C)cc(N2C(=O)C(Nc3ccc(C)c(C)c3)=C(c3ccc(C)cc3C)C2=O)c1. The second-order valence-corrected chi connectivity index (χ2v) is 8.78. The maximum atomic E-state index is 13.7. The van der Waals surface area contributed by atoms with Gasteiger partial charge in [0, 0.05) is 5.69 Å². The molecule has 4 heteroatoms. The van der Waals surface area contributed by atoms with Crippen LogP contribution in [0.1, 0.15) is 38.9 Å². The molecule has 1 aliphatic heterocycles. The summed E-state index contributed by atoms with van der Waals surface area (Å²) in [4.78, 5) is 28.6. The summed E-state index contributed by atoms with van der Waals surface area (Å²) >= 11 is 0. The Morgan fingerprint density at radius 2 is 1.31 bits per heavy atom. The van der Waals surface area contributed by atoms with Gasteiger partial charge in [0.05, 0.1) is 11.3 Å². The van der Waals surface area contributed by atoms with Crippen LogP contribution in [0.2, 0.25) is 0 Å². The lowest BCUT2D eigenvalue weighted by atomic mass is 9.97. The molecule has 0 saturated heterocycles. The zero-order valence-electron chi connectivity index (χ0n) is 19.5. The summed E-state index contributed by atoms with van der Waals surface area (Å²) in [7, 11) is 0. The van der Waals surface area contributed by atoms with Crippen molar-refractivity contribution < 1.29 is 9.59 Å². The van der Waals surface area contributed by atoms with Crippen molar-refractivity contribution in [1.29, 1.82) is 0 Å². The average Bonchev–Trinajstić information content (AvgIpc) is 2.94. The second-order valence-electron chi connectivity index (χ2n) is 8.78. The monoisotopic (exact) mass is 424 g/mol. The third-order valence-corrected chi connectivity index (χ3v) is 5.98. The van der Waals surface area contributed by atoms with Crippen molar-refractivity contribution in [2.45, 2.75) is 41.5 Å². The third kappa shape index (κ3) is 3.84. The molecule has 2 amide bonds. The van der Waals surface area contributed by atoms with E-state index in [1.54, 1.807) is 0 Å². The summed E-state index contributed by atoms with van der Waals surface area (Å²) in [6.45, 7) is 12.0. The van der Waals surface area contributed by atoms with Crippen LogP contribution in [0.5, 0.6) is 0 Å². The van der Waals surface area contributed by atoms with Crippen LogP contribution in [-0.4, -0.2) is 11.8 Å². The number of nitrogens with zero attached hydrogens (tertiary/aromatic N) is 1. The molecule has 0 aliphatic carbocycles. The molecule has 3 aromatic rings. The van der Waals surface area contributed by atoms with Gasteiger partial charge in [-0.1, -0.05) is 35.9 Å². The Balaban J connectivity index is 1.88. The molecule has 1 N–H and O–H groups in total. The number of rotatable bonds is 4. The first-order chi connectivity index (χ1) is 15.2. The number of imide groups is 1. The Hall–Kier alpha value is -3.66. The van der Waals surface area contributed by atoms with Gasteiger partial charge in [-0.15, -0.1) is 0 Å². The molecule has 1 heterocycles. The predicted molar refractivity (Wildman–Crippen MR) is 131 cm³/mol. The lowest BCUT2D eigenvalue weighted by molar-refractivity contribution is -0.120. The Labute approximate surface area is 189 Å². The number of carbonyl (C=O) groups is 2. The van der Waals surface area contributed by atoms with E-state index < -0.39 is 0 Å².